The van der Waals surface area contributed by atoms with Crippen molar-refractivity contribution in [1.82, 2.24) is 10.6 Å². The van der Waals surface area contributed by atoms with Crippen LogP contribution in [0.3, 0.4) is 0 Å². The highest BCUT2D eigenvalue weighted by Crippen LogP contribution is 2.21. The predicted molar refractivity (Wildman–Crippen MR) is 96.1 cm³/mol. The van der Waals surface area contributed by atoms with Crippen LogP contribution in [0.1, 0.15) is 42.6 Å². The van der Waals surface area contributed by atoms with E-state index >= 15 is 0 Å². The van der Waals surface area contributed by atoms with Crippen LogP contribution in [0.2, 0.25) is 0 Å². The van der Waals surface area contributed by atoms with Gasteiger partial charge in [0.15, 0.2) is 0 Å². The fourth-order valence-electron chi connectivity index (χ4n) is 2.18. The Morgan fingerprint density at radius 3 is 2.52 bits per heavy atom. The number of nitrogens with one attached hydrogen (secondary N) is 3. The third-order valence-electron chi connectivity index (χ3n) is 4.13. The van der Waals surface area contributed by atoms with Gasteiger partial charge >= 0.3 is 0 Å². The molecule has 0 aliphatic heterocycles. The second kappa shape index (κ2) is 8.11. The van der Waals surface area contributed by atoms with E-state index in [4.69, 9.17) is 5.73 Å². The number of carbonyl (C=O) groups is 3. The van der Waals surface area contributed by atoms with Gasteiger partial charge in [-0.05, 0) is 43.4 Å². The van der Waals surface area contributed by atoms with Crippen LogP contribution in [0.15, 0.2) is 18.2 Å². The summed E-state index contributed by atoms with van der Waals surface area (Å²) >= 11 is 0. The summed E-state index contributed by atoms with van der Waals surface area (Å²) in [5, 5.41) is 8.15. The highest BCUT2D eigenvalue weighted by atomic mass is 16.2. The molecule has 0 saturated heterocycles. The van der Waals surface area contributed by atoms with Gasteiger partial charge in [0.2, 0.25) is 11.8 Å². The molecular weight excluding hydrogens is 320 g/mol. The molecule has 1 aliphatic carbocycles. The van der Waals surface area contributed by atoms with Crippen LogP contribution in [0.4, 0.5) is 5.69 Å². The van der Waals surface area contributed by atoms with Gasteiger partial charge in [0.05, 0.1) is 12.6 Å². The van der Waals surface area contributed by atoms with Crippen molar-refractivity contribution >= 4 is 23.4 Å². The normalized spacial score (nSPS) is 14.8. The maximum Gasteiger partial charge on any atom is 0.251 e. The Morgan fingerprint density at radius 2 is 1.92 bits per heavy atom. The Hall–Kier alpha value is -2.41. The summed E-state index contributed by atoms with van der Waals surface area (Å²) < 4.78 is 0. The van der Waals surface area contributed by atoms with Gasteiger partial charge in [-0.15, -0.1) is 0 Å². The van der Waals surface area contributed by atoms with Crippen molar-refractivity contribution in [2.24, 2.45) is 11.7 Å². The summed E-state index contributed by atoms with van der Waals surface area (Å²) in [4.78, 5) is 36.0. The van der Waals surface area contributed by atoms with E-state index in [1.807, 2.05) is 20.8 Å². The summed E-state index contributed by atoms with van der Waals surface area (Å²) in [6.45, 7) is 5.35. The number of nitrogens with two attached hydrogens (primary N) is 1. The van der Waals surface area contributed by atoms with E-state index in [2.05, 4.69) is 16.0 Å². The van der Waals surface area contributed by atoms with Crippen LogP contribution in [-0.4, -0.2) is 36.3 Å². The topological polar surface area (TPSA) is 113 Å². The molecule has 0 spiro atoms. The van der Waals surface area contributed by atoms with Gasteiger partial charge in [-0.3, -0.25) is 14.4 Å². The van der Waals surface area contributed by atoms with E-state index in [0.717, 1.165) is 18.4 Å². The van der Waals surface area contributed by atoms with Crippen molar-refractivity contribution in [3.05, 3.63) is 29.3 Å². The van der Waals surface area contributed by atoms with Crippen LogP contribution in [0.25, 0.3) is 0 Å². The van der Waals surface area contributed by atoms with Gasteiger partial charge in [0, 0.05) is 17.3 Å². The van der Waals surface area contributed by atoms with Crippen LogP contribution in [0, 0.1) is 12.8 Å². The average Bonchev–Trinajstić information content (AvgIpc) is 3.37. The number of amides is 3. The molecule has 0 aromatic heterocycles. The predicted octanol–water partition coefficient (Wildman–Crippen LogP) is 0.925. The van der Waals surface area contributed by atoms with E-state index in [1.54, 1.807) is 18.2 Å². The molecule has 25 heavy (non-hydrogen) atoms. The molecule has 0 radical (unpaired) electrons. The van der Waals surface area contributed by atoms with E-state index in [1.165, 1.54) is 0 Å². The monoisotopic (exact) mass is 346 g/mol. The SMILES string of the molecule is Cc1ccc(C(=O)NC2CC2)cc1NC(=O)CNC(=O)[C@@H](N)C(C)C. The van der Waals surface area contributed by atoms with Crippen molar-refractivity contribution < 1.29 is 14.4 Å². The minimum Gasteiger partial charge on any atom is -0.349 e. The number of hydrogen-bond acceptors (Lipinski definition) is 4. The summed E-state index contributed by atoms with van der Waals surface area (Å²) in [5.74, 6) is -0.882. The standard InChI is InChI=1S/C18H26N4O3/c1-10(2)16(19)18(25)20-9-15(23)22-14-8-12(5-4-11(14)3)17(24)21-13-6-7-13/h4-5,8,10,13,16H,6-7,9,19H2,1-3H3,(H,20,25)(H,21,24)(H,22,23)/t16-/m0/s1. The molecule has 0 heterocycles. The van der Waals surface area contributed by atoms with Gasteiger partial charge in [-0.25, -0.2) is 0 Å². The Labute approximate surface area is 147 Å². The maximum atomic E-state index is 12.1. The molecular formula is C18H26N4O3. The molecule has 1 atom stereocenters. The molecule has 3 amide bonds. The van der Waals surface area contributed by atoms with E-state index < -0.39 is 6.04 Å². The molecule has 0 unspecified atom stereocenters. The van der Waals surface area contributed by atoms with Gasteiger partial charge in [0.25, 0.3) is 5.91 Å². The van der Waals surface area contributed by atoms with Gasteiger partial charge < -0.3 is 21.7 Å². The molecule has 136 valence electrons. The first-order valence-corrected chi connectivity index (χ1v) is 8.52. The van der Waals surface area contributed by atoms with Crippen LogP contribution in [0.5, 0.6) is 0 Å². The fraction of sp³-hybridized carbons (Fsp3) is 0.500. The molecule has 1 fully saturated rings. The van der Waals surface area contributed by atoms with Gasteiger partial charge in [-0.2, -0.15) is 0 Å². The Morgan fingerprint density at radius 1 is 1.24 bits per heavy atom. The zero-order valence-electron chi connectivity index (χ0n) is 14.9. The Bertz CT molecular complexity index is 668. The number of hydrogen-bond donors (Lipinski definition) is 4. The quantitative estimate of drug-likeness (QED) is 0.588. The molecule has 1 aliphatic rings. The minimum absolute atomic E-state index is 0.00744. The maximum absolute atomic E-state index is 12.1. The lowest BCUT2D eigenvalue weighted by Crippen LogP contribution is -2.46. The lowest BCUT2D eigenvalue weighted by molar-refractivity contribution is -0.125. The molecule has 0 bridgehead atoms. The van der Waals surface area contributed by atoms with Crippen molar-refractivity contribution in [2.45, 2.75) is 45.7 Å². The smallest absolute Gasteiger partial charge is 0.251 e. The second-order valence-electron chi connectivity index (χ2n) is 6.81. The molecule has 1 aromatic rings. The van der Waals surface area contributed by atoms with Crippen LogP contribution in [-0.2, 0) is 9.59 Å². The number of aryl methyl sites for hydroxylation is 1. The average molecular weight is 346 g/mol. The lowest BCUT2D eigenvalue weighted by atomic mass is 10.1. The van der Waals surface area contributed by atoms with E-state index in [9.17, 15) is 14.4 Å². The van der Waals surface area contributed by atoms with E-state index in [-0.39, 0.29) is 36.2 Å². The third kappa shape index (κ3) is 5.56. The van der Waals surface area contributed by atoms with Crippen molar-refractivity contribution in [3.63, 3.8) is 0 Å². The molecule has 2 rings (SSSR count). The number of benzene rings is 1. The zero-order chi connectivity index (χ0) is 18.6. The fourth-order valence-corrected chi connectivity index (χ4v) is 2.18. The molecule has 1 aromatic carbocycles. The highest BCUT2D eigenvalue weighted by Gasteiger charge is 2.24. The van der Waals surface area contributed by atoms with Gasteiger partial charge in [-0.1, -0.05) is 19.9 Å². The molecule has 7 nitrogen and oxygen atoms in total. The Balaban J connectivity index is 1.93. The highest BCUT2D eigenvalue weighted by molar-refractivity contribution is 5.99. The van der Waals surface area contributed by atoms with Crippen molar-refractivity contribution in [2.75, 3.05) is 11.9 Å². The summed E-state index contributed by atoms with van der Waals surface area (Å²) in [7, 11) is 0. The molecule has 1 saturated carbocycles. The molecule has 5 N–H and O–H groups in total. The first-order chi connectivity index (χ1) is 11.8. The zero-order valence-corrected chi connectivity index (χ0v) is 14.9. The van der Waals surface area contributed by atoms with E-state index in [0.29, 0.717) is 11.3 Å². The minimum atomic E-state index is -0.649. The number of rotatable bonds is 7. The summed E-state index contributed by atoms with van der Waals surface area (Å²) in [6.07, 6.45) is 2.03. The first-order valence-electron chi connectivity index (χ1n) is 8.52. The summed E-state index contributed by atoms with van der Waals surface area (Å²) in [5.41, 5.74) is 7.62. The third-order valence-corrected chi connectivity index (χ3v) is 4.13. The number of anilines is 1. The van der Waals surface area contributed by atoms with Crippen molar-refractivity contribution in [1.29, 1.82) is 0 Å². The van der Waals surface area contributed by atoms with Crippen LogP contribution >= 0.6 is 0 Å². The van der Waals surface area contributed by atoms with Gasteiger partial charge in [0.1, 0.15) is 0 Å². The molecule has 7 heteroatoms. The first kappa shape index (κ1) is 18.9. The lowest BCUT2D eigenvalue weighted by Gasteiger charge is -2.15. The van der Waals surface area contributed by atoms with Crippen LogP contribution < -0.4 is 21.7 Å². The van der Waals surface area contributed by atoms with Crippen molar-refractivity contribution in [3.8, 4) is 0 Å². The Kier molecular flexibility index (Phi) is 6.14. The largest absolute Gasteiger partial charge is 0.349 e. The second-order valence-corrected chi connectivity index (χ2v) is 6.81. The number of carbonyl (C=O) groups excluding carboxylic acids is 3. The summed E-state index contributed by atoms with van der Waals surface area (Å²) in [6, 6.07) is 4.78.